The molecule has 0 spiro atoms. The molecule has 142 valence electrons. The van der Waals surface area contributed by atoms with E-state index in [0.29, 0.717) is 12.2 Å². The zero-order chi connectivity index (χ0) is 19.3. The average molecular weight is 391 g/mol. The lowest BCUT2D eigenvalue weighted by atomic mass is 10.1. The summed E-state index contributed by atoms with van der Waals surface area (Å²) in [5, 5.41) is 0.729. The van der Waals surface area contributed by atoms with Crippen LogP contribution in [0.5, 0.6) is 5.75 Å². The summed E-state index contributed by atoms with van der Waals surface area (Å²) < 4.78 is 10.9. The van der Waals surface area contributed by atoms with Crippen LogP contribution in [-0.2, 0) is 24.2 Å². The molecule has 0 bridgehead atoms. The molecule has 28 heavy (non-hydrogen) atoms. The lowest BCUT2D eigenvalue weighted by Gasteiger charge is -2.06. The van der Waals surface area contributed by atoms with Crippen LogP contribution >= 0.6 is 11.3 Å². The average Bonchev–Trinajstić information content (AvgIpc) is 3.32. The minimum atomic E-state index is -0.300. The zero-order valence-electron chi connectivity index (χ0n) is 15.7. The summed E-state index contributed by atoms with van der Waals surface area (Å²) >= 11 is 1.59. The fourth-order valence-corrected chi connectivity index (χ4v) is 4.57. The maximum Gasteiger partial charge on any atom is 0.341 e. The van der Waals surface area contributed by atoms with E-state index in [1.807, 2.05) is 54.6 Å². The van der Waals surface area contributed by atoms with Crippen molar-refractivity contribution in [3.05, 3.63) is 81.7 Å². The third-order valence-corrected chi connectivity index (χ3v) is 5.93. The lowest BCUT2D eigenvalue weighted by Crippen LogP contribution is -2.03. The first-order valence-electron chi connectivity index (χ1n) is 9.28. The molecule has 0 N–H and O–H groups in total. The molecule has 1 heterocycles. The summed E-state index contributed by atoms with van der Waals surface area (Å²) in [6, 6.07) is 17.9. The standard InChI is InChI=1S/C23H21NO3S/c1-26-23(25)21-19-11-6-12-20(19)28-22(21)24-14-17-9-5-10-18(13-17)27-15-16-7-3-2-4-8-16/h2-5,7-10,13-14H,6,11-12,15H2,1H3. The molecule has 3 aromatic rings. The third-order valence-electron chi connectivity index (χ3n) is 4.73. The smallest absolute Gasteiger partial charge is 0.341 e. The second kappa shape index (κ2) is 8.40. The van der Waals surface area contributed by atoms with E-state index in [2.05, 4.69) is 4.99 Å². The van der Waals surface area contributed by atoms with Gasteiger partial charge in [0.05, 0.1) is 12.7 Å². The van der Waals surface area contributed by atoms with Gasteiger partial charge in [-0.2, -0.15) is 0 Å². The number of aliphatic imine (C=N–C) groups is 1. The maximum atomic E-state index is 12.2. The summed E-state index contributed by atoms with van der Waals surface area (Å²) in [6.45, 7) is 0.519. The Morgan fingerprint density at radius 2 is 2.00 bits per heavy atom. The van der Waals surface area contributed by atoms with Gasteiger partial charge in [0.1, 0.15) is 17.4 Å². The minimum absolute atomic E-state index is 0.300. The summed E-state index contributed by atoms with van der Waals surface area (Å²) in [5.74, 6) is 0.487. The number of aryl methyl sites for hydroxylation is 1. The van der Waals surface area contributed by atoms with Crippen LogP contribution in [0.2, 0.25) is 0 Å². The Kier molecular flexibility index (Phi) is 5.53. The first-order chi connectivity index (χ1) is 13.7. The van der Waals surface area contributed by atoms with Crippen molar-refractivity contribution in [2.45, 2.75) is 25.9 Å². The normalized spacial score (nSPS) is 12.9. The number of rotatable bonds is 6. The minimum Gasteiger partial charge on any atom is -0.489 e. The molecule has 4 rings (SSSR count). The molecule has 2 aromatic carbocycles. The van der Waals surface area contributed by atoms with Gasteiger partial charge in [-0.3, -0.25) is 0 Å². The van der Waals surface area contributed by atoms with E-state index < -0.39 is 0 Å². The number of hydrogen-bond acceptors (Lipinski definition) is 5. The SMILES string of the molecule is COC(=O)c1c(N=Cc2cccc(OCc3ccccc3)c2)sc2c1CCC2. The number of methoxy groups -OCH3 is 1. The van der Waals surface area contributed by atoms with Gasteiger partial charge in [-0.1, -0.05) is 42.5 Å². The van der Waals surface area contributed by atoms with Crippen LogP contribution in [0, 0.1) is 0 Å². The second-order valence-corrected chi connectivity index (χ2v) is 7.72. The van der Waals surface area contributed by atoms with Crippen LogP contribution in [0.1, 0.15) is 38.3 Å². The van der Waals surface area contributed by atoms with Crippen LogP contribution < -0.4 is 4.74 Å². The van der Waals surface area contributed by atoms with Gasteiger partial charge in [-0.05, 0) is 48.1 Å². The highest BCUT2D eigenvalue weighted by atomic mass is 32.1. The Labute approximate surface area is 168 Å². The van der Waals surface area contributed by atoms with Gasteiger partial charge in [-0.25, -0.2) is 9.79 Å². The van der Waals surface area contributed by atoms with E-state index in [0.717, 1.165) is 46.7 Å². The molecule has 5 heteroatoms. The van der Waals surface area contributed by atoms with Crippen molar-refractivity contribution >= 4 is 28.5 Å². The van der Waals surface area contributed by atoms with Crippen LogP contribution in [0.25, 0.3) is 0 Å². The fraction of sp³-hybridized carbons (Fsp3) is 0.217. The number of hydrogen-bond donors (Lipinski definition) is 0. The highest BCUT2D eigenvalue weighted by Gasteiger charge is 2.26. The van der Waals surface area contributed by atoms with Gasteiger partial charge in [-0.15, -0.1) is 11.3 Å². The quantitative estimate of drug-likeness (QED) is 0.420. The summed E-state index contributed by atoms with van der Waals surface area (Å²) in [5.41, 5.74) is 3.80. The summed E-state index contributed by atoms with van der Waals surface area (Å²) in [7, 11) is 1.42. The molecule has 0 amide bonds. The largest absolute Gasteiger partial charge is 0.489 e. The Hall–Kier alpha value is -2.92. The third kappa shape index (κ3) is 3.99. The highest BCUT2D eigenvalue weighted by molar-refractivity contribution is 7.16. The molecule has 0 radical (unpaired) electrons. The number of ether oxygens (including phenoxy) is 2. The Bertz CT molecular complexity index is 1010. The monoisotopic (exact) mass is 391 g/mol. The molecule has 1 aliphatic carbocycles. The van der Waals surface area contributed by atoms with Crippen molar-refractivity contribution in [1.82, 2.24) is 0 Å². The van der Waals surface area contributed by atoms with Crippen LogP contribution in [0.3, 0.4) is 0 Å². The van der Waals surface area contributed by atoms with E-state index in [-0.39, 0.29) is 5.97 Å². The van der Waals surface area contributed by atoms with Gasteiger partial charge in [0.2, 0.25) is 0 Å². The first kappa shape index (κ1) is 18.4. The Balaban J connectivity index is 1.52. The maximum absolute atomic E-state index is 12.2. The van der Waals surface area contributed by atoms with Gasteiger partial charge in [0.25, 0.3) is 0 Å². The molecular formula is C23H21NO3S. The van der Waals surface area contributed by atoms with Gasteiger partial charge >= 0.3 is 5.97 Å². The van der Waals surface area contributed by atoms with Crippen LogP contribution in [0.15, 0.2) is 59.6 Å². The van der Waals surface area contributed by atoms with E-state index in [4.69, 9.17) is 9.47 Å². The molecule has 0 unspecified atom stereocenters. The van der Waals surface area contributed by atoms with E-state index in [1.54, 1.807) is 17.6 Å². The molecule has 0 atom stereocenters. The Morgan fingerprint density at radius 3 is 2.82 bits per heavy atom. The first-order valence-corrected chi connectivity index (χ1v) is 10.1. The zero-order valence-corrected chi connectivity index (χ0v) is 16.5. The molecule has 0 saturated carbocycles. The topological polar surface area (TPSA) is 47.9 Å². The van der Waals surface area contributed by atoms with Crippen LogP contribution in [0.4, 0.5) is 5.00 Å². The predicted octanol–water partition coefficient (Wildman–Crippen LogP) is 5.35. The van der Waals surface area contributed by atoms with Crippen molar-refractivity contribution in [3.63, 3.8) is 0 Å². The van der Waals surface area contributed by atoms with Crippen LogP contribution in [-0.4, -0.2) is 19.3 Å². The number of carbonyl (C=O) groups excluding carboxylic acids is 1. The molecule has 1 aliphatic rings. The summed E-state index contributed by atoms with van der Waals surface area (Å²) in [4.78, 5) is 18.1. The van der Waals surface area contributed by atoms with Gasteiger partial charge < -0.3 is 9.47 Å². The number of nitrogens with zero attached hydrogens (tertiary/aromatic N) is 1. The van der Waals surface area contributed by atoms with Crippen molar-refractivity contribution < 1.29 is 14.3 Å². The number of carbonyl (C=O) groups is 1. The molecule has 0 saturated heterocycles. The van der Waals surface area contributed by atoms with Gasteiger partial charge in [0.15, 0.2) is 0 Å². The number of esters is 1. The lowest BCUT2D eigenvalue weighted by molar-refractivity contribution is 0.0601. The second-order valence-electron chi connectivity index (χ2n) is 6.63. The number of fused-ring (bicyclic) bond motifs is 1. The predicted molar refractivity (Wildman–Crippen MR) is 112 cm³/mol. The molecule has 0 fully saturated rings. The van der Waals surface area contributed by atoms with E-state index >= 15 is 0 Å². The molecule has 0 aliphatic heterocycles. The fourth-order valence-electron chi connectivity index (χ4n) is 3.35. The van der Waals surface area contributed by atoms with Crippen molar-refractivity contribution in [1.29, 1.82) is 0 Å². The van der Waals surface area contributed by atoms with Gasteiger partial charge in [0, 0.05) is 11.1 Å². The Morgan fingerprint density at radius 1 is 1.14 bits per heavy atom. The van der Waals surface area contributed by atoms with Crippen molar-refractivity contribution in [2.75, 3.05) is 7.11 Å². The number of benzene rings is 2. The molecule has 1 aromatic heterocycles. The summed E-state index contributed by atoms with van der Waals surface area (Å²) in [6.07, 6.45) is 4.82. The van der Waals surface area contributed by atoms with Crippen molar-refractivity contribution in [2.24, 2.45) is 4.99 Å². The van der Waals surface area contributed by atoms with Crippen molar-refractivity contribution in [3.8, 4) is 5.75 Å². The molecular weight excluding hydrogens is 370 g/mol. The molecule has 4 nitrogen and oxygen atoms in total. The highest BCUT2D eigenvalue weighted by Crippen LogP contribution is 2.41. The van der Waals surface area contributed by atoms with E-state index in [9.17, 15) is 4.79 Å². The van der Waals surface area contributed by atoms with E-state index in [1.165, 1.54) is 12.0 Å². The number of thiophene rings is 1.